The first kappa shape index (κ1) is 18.2. The van der Waals surface area contributed by atoms with Crippen LogP contribution in [0.4, 0.5) is 5.69 Å². The number of anilines is 1. The van der Waals surface area contributed by atoms with Crippen LogP contribution in [0.1, 0.15) is 11.4 Å². The normalized spacial score (nSPS) is 10.6. The molecule has 0 radical (unpaired) electrons. The standard InChI is InChI=1S/C15H16Br2N4OS/c1-4-5-21-10(3)19-20-15(21)23-8-13(22)18-14-11(16)6-9(2)7-12(14)17/h4,6-7H,1,5,8H2,2-3H3,(H,18,22). The number of nitrogens with zero attached hydrogens (tertiary/aromatic N) is 3. The fraction of sp³-hybridized carbons (Fsp3) is 0.267. The van der Waals surface area contributed by atoms with Crippen LogP contribution < -0.4 is 5.32 Å². The number of carbonyl (C=O) groups excluding carboxylic acids is 1. The summed E-state index contributed by atoms with van der Waals surface area (Å²) in [6.07, 6.45) is 1.78. The molecule has 1 aromatic carbocycles. The number of hydrogen-bond donors (Lipinski definition) is 1. The molecule has 2 rings (SSSR count). The zero-order chi connectivity index (χ0) is 17.0. The summed E-state index contributed by atoms with van der Waals surface area (Å²) in [4.78, 5) is 12.2. The second kappa shape index (κ2) is 8.12. The molecule has 0 unspecified atom stereocenters. The third-order valence-electron chi connectivity index (χ3n) is 3.00. The number of rotatable bonds is 6. The molecular formula is C15H16Br2N4OS. The number of halogens is 2. The molecule has 0 saturated carbocycles. The minimum atomic E-state index is -0.106. The van der Waals surface area contributed by atoms with Crippen LogP contribution >= 0.6 is 43.6 Å². The van der Waals surface area contributed by atoms with Crippen molar-refractivity contribution < 1.29 is 4.79 Å². The largest absolute Gasteiger partial charge is 0.323 e. The van der Waals surface area contributed by atoms with Crippen molar-refractivity contribution in [3.8, 4) is 0 Å². The lowest BCUT2D eigenvalue weighted by Crippen LogP contribution is -2.15. The number of amides is 1. The SMILES string of the molecule is C=CCn1c(C)nnc1SCC(=O)Nc1c(Br)cc(C)cc1Br. The van der Waals surface area contributed by atoms with E-state index in [-0.39, 0.29) is 11.7 Å². The monoisotopic (exact) mass is 458 g/mol. The molecule has 0 bridgehead atoms. The maximum absolute atomic E-state index is 12.2. The Labute approximate surface area is 156 Å². The number of benzene rings is 1. The summed E-state index contributed by atoms with van der Waals surface area (Å²) in [5.41, 5.74) is 1.83. The first-order valence-electron chi connectivity index (χ1n) is 6.81. The summed E-state index contributed by atoms with van der Waals surface area (Å²) in [5, 5.41) is 11.7. The molecule has 1 amide bonds. The molecule has 8 heteroatoms. The fourth-order valence-corrected chi connectivity index (χ4v) is 4.34. The molecule has 1 N–H and O–H groups in total. The average molecular weight is 460 g/mol. The second-order valence-electron chi connectivity index (χ2n) is 4.87. The fourth-order valence-electron chi connectivity index (χ4n) is 1.93. The van der Waals surface area contributed by atoms with Crippen LogP contribution in [0.15, 0.2) is 38.9 Å². The first-order valence-corrected chi connectivity index (χ1v) is 9.38. The van der Waals surface area contributed by atoms with E-state index in [1.807, 2.05) is 30.5 Å². The molecule has 122 valence electrons. The third kappa shape index (κ3) is 4.68. The molecule has 0 aliphatic heterocycles. The Hall–Kier alpha value is -1.12. The van der Waals surface area contributed by atoms with Crippen molar-refractivity contribution in [1.29, 1.82) is 0 Å². The molecule has 2 aromatic rings. The van der Waals surface area contributed by atoms with Gasteiger partial charge in [0.25, 0.3) is 0 Å². The summed E-state index contributed by atoms with van der Waals surface area (Å²) in [6.45, 7) is 8.21. The van der Waals surface area contributed by atoms with Gasteiger partial charge in [-0.25, -0.2) is 0 Å². The van der Waals surface area contributed by atoms with Crippen LogP contribution in [-0.4, -0.2) is 26.4 Å². The van der Waals surface area contributed by atoms with E-state index in [1.165, 1.54) is 11.8 Å². The average Bonchev–Trinajstić information content (AvgIpc) is 2.82. The molecule has 23 heavy (non-hydrogen) atoms. The van der Waals surface area contributed by atoms with Crippen LogP contribution in [0.5, 0.6) is 0 Å². The Morgan fingerprint density at radius 2 is 2.00 bits per heavy atom. The predicted octanol–water partition coefficient (Wildman–Crippen LogP) is 4.34. The summed E-state index contributed by atoms with van der Waals surface area (Å²) in [5.74, 6) is 0.949. The Bertz CT molecular complexity index is 722. The van der Waals surface area contributed by atoms with Crippen LogP contribution in [0.25, 0.3) is 0 Å². The highest BCUT2D eigenvalue weighted by Gasteiger charge is 2.13. The first-order chi connectivity index (χ1) is 10.9. The van der Waals surface area contributed by atoms with Crippen LogP contribution in [0.3, 0.4) is 0 Å². The maximum atomic E-state index is 12.2. The third-order valence-corrected chi connectivity index (χ3v) is 5.21. The van der Waals surface area contributed by atoms with Gasteiger partial charge in [-0.15, -0.1) is 16.8 Å². The van der Waals surface area contributed by atoms with Crippen molar-refractivity contribution in [2.24, 2.45) is 0 Å². The number of thioether (sulfide) groups is 1. The Balaban J connectivity index is 2.03. The highest BCUT2D eigenvalue weighted by atomic mass is 79.9. The molecular weight excluding hydrogens is 444 g/mol. The Kier molecular flexibility index (Phi) is 6.43. The highest BCUT2D eigenvalue weighted by molar-refractivity contribution is 9.11. The van der Waals surface area contributed by atoms with Crippen molar-refractivity contribution in [3.63, 3.8) is 0 Å². The summed E-state index contributed by atoms with van der Waals surface area (Å²) in [6, 6.07) is 3.91. The molecule has 0 aliphatic rings. The van der Waals surface area contributed by atoms with Gasteiger partial charge in [-0.1, -0.05) is 17.8 Å². The minimum Gasteiger partial charge on any atom is -0.323 e. The highest BCUT2D eigenvalue weighted by Crippen LogP contribution is 2.32. The Morgan fingerprint density at radius 3 is 2.61 bits per heavy atom. The van der Waals surface area contributed by atoms with Crippen LogP contribution in [0.2, 0.25) is 0 Å². The van der Waals surface area contributed by atoms with Crippen molar-refractivity contribution >= 4 is 55.2 Å². The zero-order valence-electron chi connectivity index (χ0n) is 12.8. The van der Waals surface area contributed by atoms with E-state index >= 15 is 0 Å². The summed E-state index contributed by atoms with van der Waals surface area (Å²) in [7, 11) is 0. The van der Waals surface area contributed by atoms with Gasteiger partial charge in [0.2, 0.25) is 5.91 Å². The van der Waals surface area contributed by atoms with Gasteiger partial charge in [0.05, 0.1) is 11.4 Å². The number of hydrogen-bond acceptors (Lipinski definition) is 4. The van der Waals surface area contributed by atoms with Gasteiger partial charge in [-0.3, -0.25) is 4.79 Å². The van der Waals surface area contributed by atoms with Gasteiger partial charge in [0.15, 0.2) is 5.16 Å². The Morgan fingerprint density at radius 1 is 1.35 bits per heavy atom. The van der Waals surface area contributed by atoms with E-state index in [1.54, 1.807) is 6.08 Å². The summed E-state index contributed by atoms with van der Waals surface area (Å²) >= 11 is 8.29. The molecule has 5 nitrogen and oxygen atoms in total. The quantitative estimate of drug-likeness (QED) is 0.515. The molecule has 0 fully saturated rings. The van der Waals surface area contributed by atoms with Gasteiger partial charge in [0.1, 0.15) is 5.82 Å². The molecule has 0 aliphatic carbocycles. The number of carbonyl (C=O) groups is 1. The van der Waals surface area contributed by atoms with Crippen LogP contribution in [0, 0.1) is 13.8 Å². The maximum Gasteiger partial charge on any atom is 0.234 e. The lowest BCUT2D eigenvalue weighted by Gasteiger charge is -2.11. The zero-order valence-corrected chi connectivity index (χ0v) is 16.8. The van der Waals surface area contributed by atoms with Crippen molar-refractivity contribution in [2.45, 2.75) is 25.5 Å². The minimum absolute atomic E-state index is 0.106. The number of aromatic nitrogens is 3. The molecule has 0 saturated heterocycles. The molecule has 1 aromatic heterocycles. The van der Waals surface area contributed by atoms with Crippen molar-refractivity contribution in [1.82, 2.24) is 14.8 Å². The van der Waals surface area contributed by atoms with Gasteiger partial charge in [-0.05, 0) is 63.4 Å². The molecule has 0 spiro atoms. The van der Waals surface area contributed by atoms with Crippen LogP contribution in [-0.2, 0) is 11.3 Å². The summed E-state index contributed by atoms with van der Waals surface area (Å²) < 4.78 is 3.60. The van der Waals surface area contributed by atoms with E-state index < -0.39 is 0 Å². The van der Waals surface area contributed by atoms with Gasteiger partial charge in [0, 0.05) is 15.5 Å². The van der Waals surface area contributed by atoms with Crippen molar-refractivity contribution in [2.75, 3.05) is 11.1 Å². The molecule has 1 heterocycles. The van der Waals surface area contributed by atoms with E-state index in [2.05, 4.69) is 54.0 Å². The van der Waals surface area contributed by atoms with E-state index in [0.717, 1.165) is 26.0 Å². The lowest BCUT2D eigenvalue weighted by atomic mass is 10.2. The van der Waals surface area contributed by atoms with E-state index in [0.29, 0.717) is 11.7 Å². The lowest BCUT2D eigenvalue weighted by molar-refractivity contribution is -0.113. The second-order valence-corrected chi connectivity index (χ2v) is 7.52. The van der Waals surface area contributed by atoms with Gasteiger partial charge < -0.3 is 9.88 Å². The number of nitrogens with one attached hydrogen (secondary N) is 1. The number of aryl methyl sites for hydroxylation is 2. The predicted molar refractivity (Wildman–Crippen MR) is 101 cm³/mol. The molecule has 0 atom stereocenters. The van der Waals surface area contributed by atoms with E-state index in [4.69, 9.17) is 0 Å². The number of allylic oxidation sites excluding steroid dienone is 1. The van der Waals surface area contributed by atoms with E-state index in [9.17, 15) is 4.79 Å². The van der Waals surface area contributed by atoms with Gasteiger partial charge in [-0.2, -0.15) is 0 Å². The van der Waals surface area contributed by atoms with Crippen molar-refractivity contribution in [3.05, 3.63) is 45.1 Å². The van der Waals surface area contributed by atoms with Gasteiger partial charge >= 0.3 is 0 Å². The smallest absolute Gasteiger partial charge is 0.234 e. The topological polar surface area (TPSA) is 59.8 Å².